The van der Waals surface area contributed by atoms with Gasteiger partial charge in [-0.25, -0.2) is 0 Å². The molecule has 0 spiro atoms. The van der Waals surface area contributed by atoms with Crippen LogP contribution in [0.4, 0.5) is 5.69 Å². The minimum atomic E-state index is -0.177. The third kappa shape index (κ3) is 1.67. The molecule has 5 heteroatoms. The predicted octanol–water partition coefficient (Wildman–Crippen LogP) is 2.14. The molecule has 84 valence electrons. The number of nitrogens with zero attached hydrogens (tertiary/aromatic N) is 1. The molecule has 5 nitrogen and oxygen atoms in total. The van der Waals surface area contributed by atoms with Gasteiger partial charge in [0.05, 0.1) is 17.4 Å². The quantitative estimate of drug-likeness (QED) is 0.626. The molecule has 2 heterocycles. The van der Waals surface area contributed by atoms with Gasteiger partial charge < -0.3 is 10.3 Å². The van der Waals surface area contributed by atoms with Crippen molar-refractivity contribution in [2.24, 2.45) is 0 Å². The largest absolute Gasteiger partial charge is 0.359 e. The second-order valence-electron chi connectivity index (χ2n) is 3.69. The molecule has 0 saturated carbocycles. The number of rotatable bonds is 2. The minimum absolute atomic E-state index is 0.177. The molecular formula is C12H10N4O. The minimum Gasteiger partial charge on any atom is -0.359 e. The lowest BCUT2D eigenvalue weighted by Gasteiger charge is -2.00. The molecule has 3 rings (SSSR count). The number of aromatic nitrogens is 3. The van der Waals surface area contributed by atoms with Gasteiger partial charge in [0.25, 0.3) is 5.91 Å². The molecule has 0 aliphatic rings. The summed E-state index contributed by atoms with van der Waals surface area (Å²) in [6, 6.07) is 7.80. The fourth-order valence-corrected chi connectivity index (χ4v) is 1.74. The molecule has 0 aliphatic heterocycles. The van der Waals surface area contributed by atoms with Crippen molar-refractivity contribution in [2.45, 2.75) is 0 Å². The highest BCUT2D eigenvalue weighted by Crippen LogP contribution is 2.22. The number of carbonyl (C=O) groups is 1. The van der Waals surface area contributed by atoms with Gasteiger partial charge in [-0.2, -0.15) is 5.10 Å². The Morgan fingerprint density at radius 1 is 1.24 bits per heavy atom. The van der Waals surface area contributed by atoms with Gasteiger partial charge in [-0.05, 0) is 6.07 Å². The standard InChI is InChI=1S/C12H10N4O/c17-12(8-5-14-15-6-8)16-11-7-13-10-4-2-1-3-9(10)11/h1-7,13H,(H,14,15)(H,16,17). The average molecular weight is 226 g/mol. The average Bonchev–Trinajstić information content (AvgIpc) is 2.98. The highest BCUT2D eigenvalue weighted by Gasteiger charge is 2.09. The van der Waals surface area contributed by atoms with E-state index in [1.165, 1.54) is 6.20 Å². The smallest absolute Gasteiger partial charge is 0.258 e. The lowest BCUT2D eigenvalue weighted by atomic mass is 10.2. The zero-order chi connectivity index (χ0) is 11.7. The van der Waals surface area contributed by atoms with E-state index >= 15 is 0 Å². The summed E-state index contributed by atoms with van der Waals surface area (Å²) in [4.78, 5) is 14.9. The van der Waals surface area contributed by atoms with Crippen molar-refractivity contribution < 1.29 is 4.79 Å². The Hall–Kier alpha value is -2.56. The molecule has 3 N–H and O–H groups in total. The molecule has 17 heavy (non-hydrogen) atoms. The van der Waals surface area contributed by atoms with Crippen LogP contribution in [-0.4, -0.2) is 21.1 Å². The van der Waals surface area contributed by atoms with Gasteiger partial charge in [0.15, 0.2) is 0 Å². The van der Waals surface area contributed by atoms with Crippen molar-refractivity contribution in [1.29, 1.82) is 0 Å². The zero-order valence-corrected chi connectivity index (χ0v) is 8.90. The van der Waals surface area contributed by atoms with Gasteiger partial charge in [0.1, 0.15) is 0 Å². The van der Waals surface area contributed by atoms with Crippen LogP contribution in [0.5, 0.6) is 0 Å². The number of para-hydroxylation sites is 1. The summed E-state index contributed by atoms with van der Waals surface area (Å²) < 4.78 is 0. The van der Waals surface area contributed by atoms with Crippen LogP contribution in [0.25, 0.3) is 10.9 Å². The summed E-state index contributed by atoms with van der Waals surface area (Å²) in [5, 5.41) is 10.2. The van der Waals surface area contributed by atoms with Crippen molar-refractivity contribution in [3.05, 3.63) is 48.4 Å². The van der Waals surface area contributed by atoms with E-state index in [0.717, 1.165) is 16.6 Å². The lowest BCUT2D eigenvalue weighted by molar-refractivity contribution is 0.102. The second kappa shape index (κ2) is 3.79. The third-order valence-corrected chi connectivity index (χ3v) is 2.60. The van der Waals surface area contributed by atoms with E-state index in [0.29, 0.717) is 5.56 Å². The Labute approximate surface area is 96.9 Å². The lowest BCUT2D eigenvalue weighted by Crippen LogP contribution is -2.10. The normalized spacial score (nSPS) is 10.6. The van der Waals surface area contributed by atoms with E-state index in [2.05, 4.69) is 20.5 Å². The van der Waals surface area contributed by atoms with Crippen LogP contribution < -0.4 is 5.32 Å². The van der Waals surface area contributed by atoms with Gasteiger partial charge >= 0.3 is 0 Å². The van der Waals surface area contributed by atoms with Gasteiger partial charge in [-0.1, -0.05) is 18.2 Å². The summed E-state index contributed by atoms with van der Waals surface area (Å²) in [6.45, 7) is 0. The maximum absolute atomic E-state index is 11.8. The number of H-pyrrole nitrogens is 2. The van der Waals surface area contributed by atoms with Crippen LogP contribution in [0.2, 0.25) is 0 Å². The number of carbonyl (C=O) groups excluding carboxylic acids is 1. The second-order valence-corrected chi connectivity index (χ2v) is 3.69. The first-order chi connectivity index (χ1) is 8.34. The predicted molar refractivity (Wildman–Crippen MR) is 64.8 cm³/mol. The van der Waals surface area contributed by atoms with Crippen molar-refractivity contribution in [1.82, 2.24) is 15.2 Å². The van der Waals surface area contributed by atoms with E-state index < -0.39 is 0 Å². The summed E-state index contributed by atoms with van der Waals surface area (Å²) in [5.74, 6) is -0.177. The van der Waals surface area contributed by atoms with E-state index in [4.69, 9.17) is 0 Å². The maximum atomic E-state index is 11.8. The Balaban J connectivity index is 1.93. The van der Waals surface area contributed by atoms with Crippen molar-refractivity contribution in [2.75, 3.05) is 5.32 Å². The van der Waals surface area contributed by atoms with Crippen molar-refractivity contribution in [3.8, 4) is 0 Å². The molecule has 0 radical (unpaired) electrons. The zero-order valence-electron chi connectivity index (χ0n) is 8.90. The van der Waals surface area contributed by atoms with E-state index in [9.17, 15) is 4.79 Å². The fourth-order valence-electron chi connectivity index (χ4n) is 1.74. The molecular weight excluding hydrogens is 216 g/mol. The molecule has 0 aliphatic carbocycles. The van der Waals surface area contributed by atoms with E-state index in [1.807, 2.05) is 24.3 Å². The summed E-state index contributed by atoms with van der Waals surface area (Å²) >= 11 is 0. The van der Waals surface area contributed by atoms with Crippen molar-refractivity contribution in [3.63, 3.8) is 0 Å². The molecule has 1 aromatic carbocycles. The highest BCUT2D eigenvalue weighted by molar-refractivity contribution is 6.08. The number of hydrogen-bond acceptors (Lipinski definition) is 2. The molecule has 1 amide bonds. The Morgan fingerprint density at radius 2 is 2.12 bits per heavy atom. The number of hydrogen-bond donors (Lipinski definition) is 3. The number of anilines is 1. The maximum Gasteiger partial charge on any atom is 0.258 e. The van der Waals surface area contributed by atoms with Gasteiger partial charge in [-0.3, -0.25) is 9.89 Å². The van der Waals surface area contributed by atoms with Crippen LogP contribution in [0.3, 0.4) is 0 Å². The van der Waals surface area contributed by atoms with Gasteiger partial charge in [-0.15, -0.1) is 0 Å². The summed E-state index contributed by atoms with van der Waals surface area (Å²) in [7, 11) is 0. The molecule has 0 saturated heterocycles. The summed E-state index contributed by atoms with van der Waals surface area (Å²) in [5.41, 5.74) is 2.28. The molecule has 0 bridgehead atoms. The molecule has 0 unspecified atom stereocenters. The number of fused-ring (bicyclic) bond motifs is 1. The third-order valence-electron chi connectivity index (χ3n) is 2.60. The highest BCUT2D eigenvalue weighted by atomic mass is 16.1. The SMILES string of the molecule is O=C(Nc1c[nH]c2ccccc12)c1cn[nH]c1. The van der Waals surface area contributed by atoms with E-state index in [-0.39, 0.29) is 5.91 Å². The number of benzene rings is 1. The van der Waals surface area contributed by atoms with Crippen molar-refractivity contribution >= 4 is 22.5 Å². The Morgan fingerprint density at radius 3 is 2.94 bits per heavy atom. The van der Waals surface area contributed by atoms with Gasteiger partial charge in [0, 0.05) is 23.3 Å². The Bertz CT molecular complexity index is 654. The fraction of sp³-hybridized carbons (Fsp3) is 0. The van der Waals surface area contributed by atoms with Crippen LogP contribution in [-0.2, 0) is 0 Å². The number of amides is 1. The molecule has 2 aromatic heterocycles. The number of aromatic amines is 2. The first-order valence-corrected chi connectivity index (χ1v) is 5.21. The monoisotopic (exact) mass is 226 g/mol. The van der Waals surface area contributed by atoms with Crippen LogP contribution in [0.15, 0.2) is 42.9 Å². The Kier molecular flexibility index (Phi) is 2.15. The molecule has 3 aromatic rings. The van der Waals surface area contributed by atoms with Gasteiger partial charge in [0.2, 0.25) is 0 Å². The molecule has 0 fully saturated rings. The van der Waals surface area contributed by atoms with Crippen LogP contribution in [0.1, 0.15) is 10.4 Å². The molecule has 0 atom stereocenters. The van der Waals surface area contributed by atoms with E-state index in [1.54, 1.807) is 12.4 Å². The first kappa shape index (κ1) is 9.65. The first-order valence-electron chi connectivity index (χ1n) is 5.21. The topological polar surface area (TPSA) is 73.6 Å². The number of nitrogens with one attached hydrogen (secondary N) is 3. The summed E-state index contributed by atoms with van der Waals surface area (Å²) in [6.07, 6.45) is 4.83. The van der Waals surface area contributed by atoms with Crippen LogP contribution in [0, 0.1) is 0 Å². The van der Waals surface area contributed by atoms with Crippen LogP contribution >= 0.6 is 0 Å².